The summed E-state index contributed by atoms with van der Waals surface area (Å²) >= 11 is 0. The molecule has 4 aromatic heterocycles. The first-order valence-electron chi connectivity index (χ1n) is 29.0. The molecule has 8 heteroatoms. The zero-order valence-corrected chi connectivity index (χ0v) is 47.8. The molecule has 0 bridgehead atoms. The molecule has 15 aromatic rings. The Morgan fingerprint density at radius 2 is 0.619 bits per heavy atom. The van der Waals surface area contributed by atoms with Gasteiger partial charge in [-0.1, -0.05) is 243 Å². The fourth-order valence-corrected chi connectivity index (χ4v) is 24.6. The number of pyridine rings is 2. The van der Waals surface area contributed by atoms with Gasteiger partial charge in [0.2, 0.25) is 0 Å². The average Bonchev–Trinajstić information content (AvgIpc) is 1.41. The van der Waals surface area contributed by atoms with Gasteiger partial charge >= 0.3 is 0 Å². The zero-order chi connectivity index (χ0) is 55.3. The van der Waals surface area contributed by atoms with E-state index in [9.17, 15) is 0 Å². The zero-order valence-electron chi connectivity index (χ0n) is 45.8. The van der Waals surface area contributed by atoms with Crippen molar-refractivity contribution in [1.82, 2.24) is 14.4 Å². The molecule has 0 atom stereocenters. The molecule has 0 aliphatic carbocycles. The SMILES string of the molecule is c1ccc([Si](c2ccccc2)(c2ccccc2)c2cccc(N3c4ccccc4B4c5ccccc5N(c5cccc([Si](c6ccccc6)(c6ccccc6)c6ccccc6)c5)c5c4c3c3c4cccnc4n4c6ncccc6c5c34)c2)cc1. The van der Waals surface area contributed by atoms with Crippen LogP contribution in [0.1, 0.15) is 0 Å². The van der Waals surface area contributed by atoms with E-state index in [1.54, 1.807) is 0 Å². The van der Waals surface area contributed by atoms with Crippen molar-refractivity contribution in [2.24, 2.45) is 0 Å². The minimum absolute atomic E-state index is 0.129. The van der Waals surface area contributed by atoms with Gasteiger partial charge in [0.1, 0.15) is 11.3 Å². The first-order chi connectivity index (χ1) is 41.7. The van der Waals surface area contributed by atoms with Crippen LogP contribution >= 0.6 is 0 Å². The van der Waals surface area contributed by atoms with Crippen LogP contribution in [0.15, 0.2) is 316 Å². The van der Waals surface area contributed by atoms with Crippen molar-refractivity contribution in [3.05, 3.63) is 316 Å². The Hall–Kier alpha value is -10.4. The minimum atomic E-state index is -2.98. The van der Waals surface area contributed by atoms with Gasteiger partial charge in [0.15, 0.2) is 16.1 Å². The summed E-state index contributed by atoms with van der Waals surface area (Å²) in [7, 11) is -5.97. The third kappa shape index (κ3) is 6.77. The largest absolute Gasteiger partial charge is 0.311 e. The standard InChI is InChI=1S/C76H52BN5Si2/c1-7-29-55(30-8-1)83(56-31-9-2-10-32-56,57-33-11-3-12-34-57)61-41-23-27-53(51-61)80-67-47-21-19-45-65(67)77-66-46-20-22-48-68(66)81(74-70-64-44-26-50-79-76(64)82-72(70)69(73(80)71(74)77)63-43-25-49-78-75(63)82)54-28-24-42-62(52-54)84(58-35-13-4-14-36-58,59-37-15-5-16-38-59)60-39-17-6-18-40-60/h1-52H. The molecule has 0 fully saturated rings. The summed E-state index contributed by atoms with van der Waals surface area (Å²) in [6, 6.07) is 114. The van der Waals surface area contributed by atoms with Gasteiger partial charge in [-0.15, -0.1) is 0 Å². The van der Waals surface area contributed by atoms with Gasteiger partial charge < -0.3 is 9.80 Å². The summed E-state index contributed by atoms with van der Waals surface area (Å²) in [6.07, 6.45) is 3.88. The maximum absolute atomic E-state index is 5.29. The van der Waals surface area contributed by atoms with Crippen LogP contribution in [0.3, 0.4) is 0 Å². The van der Waals surface area contributed by atoms with Crippen LogP contribution in [-0.2, 0) is 0 Å². The maximum Gasteiger partial charge on any atom is 0.252 e. The van der Waals surface area contributed by atoms with Crippen LogP contribution in [0, 0.1) is 0 Å². The van der Waals surface area contributed by atoms with E-state index in [2.05, 4.69) is 318 Å². The molecule has 0 saturated carbocycles. The summed E-state index contributed by atoms with van der Waals surface area (Å²) in [6.45, 7) is -0.129. The van der Waals surface area contributed by atoms with Gasteiger partial charge in [-0.05, 0) is 119 Å². The van der Waals surface area contributed by atoms with Crippen molar-refractivity contribution in [3.8, 4) is 0 Å². The highest BCUT2D eigenvalue weighted by atomic mass is 28.3. The van der Waals surface area contributed by atoms with E-state index in [0.717, 1.165) is 61.7 Å². The van der Waals surface area contributed by atoms with Gasteiger partial charge in [-0.2, -0.15) is 0 Å². The Bertz CT molecular complexity index is 4490. The third-order valence-corrected chi connectivity index (χ3v) is 27.8. The molecule has 0 amide bonds. The summed E-state index contributed by atoms with van der Waals surface area (Å²) in [5.41, 5.74) is 13.6. The molecule has 17 rings (SSSR count). The molecule has 0 saturated heterocycles. The second-order valence-electron chi connectivity index (χ2n) is 22.3. The van der Waals surface area contributed by atoms with Crippen LogP contribution < -0.4 is 67.7 Å². The number of para-hydroxylation sites is 2. The third-order valence-electron chi connectivity index (χ3n) is 18.2. The van der Waals surface area contributed by atoms with Crippen molar-refractivity contribution in [2.45, 2.75) is 0 Å². The number of fused-ring (bicyclic) bond motifs is 12. The Morgan fingerprint density at radius 1 is 0.298 bits per heavy atom. The molecule has 392 valence electrons. The van der Waals surface area contributed by atoms with E-state index in [4.69, 9.17) is 9.97 Å². The molecule has 0 radical (unpaired) electrons. The van der Waals surface area contributed by atoms with E-state index in [0.29, 0.717) is 0 Å². The van der Waals surface area contributed by atoms with Gasteiger partial charge in [-0.3, -0.25) is 4.40 Å². The fraction of sp³-hybridized carbons (Fsp3) is 0. The molecule has 2 aliphatic heterocycles. The highest BCUT2D eigenvalue weighted by Crippen LogP contribution is 2.54. The van der Waals surface area contributed by atoms with E-state index in [1.165, 1.54) is 68.7 Å². The topological polar surface area (TPSA) is 36.7 Å². The van der Waals surface area contributed by atoms with Crippen molar-refractivity contribution in [3.63, 3.8) is 0 Å². The van der Waals surface area contributed by atoms with Crippen molar-refractivity contribution in [1.29, 1.82) is 0 Å². The molecule has 84 heavy (non-hydrogen) atoms. The molecule has 0 unspecified atom stereocenters. The molecule has 0 N–H and O–H groups in total. The molecule has 0 spiro atoms. The molecule has 5 nitrogen and oxygen atoms in total. The minimum Gasteiger partial charge on any atom is -0.311 e. The van der Waals surface area contributed by atoms with E-state index < -0.39 is 16.1 Å². The number of anilines is 6. The Labute approximate surface area is 490 Å². The molecule has 11 aromatic carbocycles. The fourth-order valence-electron chi connectivity index (χ4n) is 15.1. The highest BCUT2D eigenvalue weighted by molar-refractivity contribution is 7.20. The van der Waals surface area contributed by atoms with E-state index >= 15 is 0 Å². The quantitative estimate of drug-likeness (QED) is 0.101. The first-order valence-corrected chi connectivity index (χ1v) is 33.0. The van der Waals surface area contributed by atoms with Gasteiger partial charge in [0.05, 0.1) is 16.9 Å². The highest BCUT2D eigenvalue weighted by Gasteiger charge is 2.49. The lowest BCUT2D eigenvalue weighted by atomic mass is 9.33. The smallest absolute Gasteiger partial charge is 0.252 e. The van der Waals surface area contributed by atoms with Crippen molar-refractivity contribution in [2.75, 3.05) is 9.80 Å². The summed E-state index contributed by atoms with van der Waals surface area (Å²) in [5, 5.41) is 15.2. The molecule has 2 aliphatic rings. The van der Waals surface area contributed by atoms with Crippen LogP contribution in [0.25, 0.3) is 38.4 Å². The van der Waals surface area contributed by atoms with E-state index in [1.807, 2.05) is 12.4 Å². The molecular formula is C76H52BN5Si2. The average molecular weight is 1100 g/mol. The molecule has 6 heterocycles. The second-order valence-corrected chi connectivity index (χ2v) is 29.9. The van der Waals surface area contributed by atoms with Crippen molar-refractivity contribution < 1.29 is 0 Å². The Kier molecular flexibility index (Phi) is 11.0. The number of benzene rings is 11. The van der Waals surface area contributed by atoms with Gasteiger partial charge in [0.25, 0.3) is 6.71 Å². The lowest BCUT2D eigenvalue weighted by Crippen LogP contribution is -2.74. The van der Waals surface area contributed by atoms with Crippen molar-refractivity contribution >= 4 is 153 Å². The van der Waals surface area contributed by atoms with Gasteiger partial charge in [0, 0.05) is 56.7 Å². The predicted molar refractivity (Wildman–Crippen MR) is 358 cm³/mol. The van der Waals surface area contributed by atoms with E-state index in [-0.39, 0.29) is 6.71 Å². The summed E-state index contributed by atoms with van der Waals surface area (Å²) in [4.78, 5) is 15.8. The number of hydrogen-bond donors (Lipinski definition) is 0. The number of nitrogens with zero attached hydrogens (tertiary/aromatic N) is 5. The van der Waals surface area contributed by atoms with Crippen LogP contribution in [0.2, 0.25) is 0 Å². The van der Waals surface area contributed by atoms with Crippen LogP contribution in [0.4, 0.5) is 34.1 Å². The normalized spacial score (nSPS) is 12.9. The number of hydrogen-bond acceptors (Lipinski definition) is 4. The van der Waals surface area contributed by atoms with Crippen LogP contribution in [-0.4, -0.2) is 37.2 Å². The lowest BCUT2D eigenvalue weighted by molar-refractivity contribution is 1.22. The maximum atomic E-state index is 5.29. The second kappa shape index (κ2) is 19.1. The Morgan fingerprint density at radius 3 is 0.976 bits per heavy atom. The summed E-state index contributed by atoms with van der Waals surface area (Å²) in [5.74, 6) is 0. The number of aromatic nitrogens is 3. The van der Waals surface area contributed by atoms with Gasteiger partial charge in [-0.25, -0.2) is 9.97 Å². The Balaban J connectivity index is 1.01. The molecular weight excluding hydrogens is 1050 g/mol. The monoisotopic (exact) mass is 1100 g/mol. The van der Waals surface area contributed by atoms with Crippen LogP contribution in [0.5, 0.6) is 0 Å². The summed E-state index contributed by atoms with van der Waals surface area (Å²) < 4.78 is 2.36. The lowest BCUT2D eigenvalue weighted by Gasteiger charge is -2.45. The predicted octanol–water partition coefficient (Wildman–Crippen LogP) is 10.5. The first kappa shape index (κ1) is 48.3. The number of rotatable bonds is 10.